The predicted octanol–water partition coefficient (Wildman–Crippen LogP) is 3.68. The molecular weight excluding hydrogens is 442 g/mol. The Morgan fingerprint density at radius 1 is 1.06 bits per heavy atom. The van der Waals surface area contributed by atoms with E-state index in [2.05, 4.69) is 39.5 Å². The van der Waals surface area contributed by atoms with Crippen molar-refractivity contribution in [2.24, 2.45) is 0 Å². The highest BCUT2D eigenvalue weighted by molar-refractivity contribution is 5.72. The van der Waals surface area contributed by atoms with E-state index in [1.165, 1.54) is 5.56 Å². The lowest BCUT2D eigenvalue weighted by atomic mass is 9.89. The van der Waals surface area contributed by atoms with Gasteiger partial charge in [0.15, 0.2) is 0 Å². The lowest BCUT2D eigenvalue weighted by molar-refractivity contribution is 0.0513. The van der Waals surface area contributed by atoms with Crippen LogP contribution in [0.25, 0.3) is 16.8 Å². The summed E-state index contributed by atoms with van der Waals surface area (Å²) in [6.07, 6.45) is 3.24. The van der Waals surface area contributed by atoms with Crippen LogP contribution in [-0.2, 0) is 0 Å². The summed E-state index contributed by atoms with van der Waals surface area (Å²) in [6.45, 7) is 2.22. The largest absolute Gasteiger partial charge is 0.496 e. The second kappa shape index (κ2) is 10.4. The first kappa shape index (κ1) is 23.3. The maximum atomic E-state index is 9.67. The van der Waals surface area contributed by atoms with Gasteiger partial charge in [-0.2, -0.15) is 0 Å². The Kier molecular flexibility index (Phi) is 6.94. The topological polar surface area (TPSA) is 95.2 Å². The molecule has 1 saturated heterocycles. The molecule has 35 heavy (non-hydrogen) atoms. The number of para-hydroxylation sites is 1. The molecule has 1 unspecified atom stereocenters. The minimum Gasteiger partial charge on any atom is -0.496 e. The molecule has 0 radical (unpaired) electrons. The Balaban J connectivity index is 1.28. The fourth-order valence-corrected chi connectivity index (χ4v) is 4.79. The summed E-state index contributed by atoms with van der Waals surface area (Å²) in [7, 11) is 1.67. The van der Waals surface area contributed by atoms with Crippen molar-refractivity contribution >= 4 is 17.2 Å². The summed E-state index contributed by atoms with van der Waals surface area (Å²) >= 11 is 0. The number of benzene rings is 2. The number of hydrogen-bond acceptors (Lipinski definition) is 7. The SMILES string of the molecule is COc1ccccc1-c1ccc2cnc(Nc3ccc(C4CCN(CC(O)CO)CC4)cc3)nn12. The van der Waals surface area contributed by atoms with Crippen molar-refractivity contribution in [2.45, 2.75) is 24.9 Å². The van der Waals surface area contributed by atoms with Crippen LogP contribution >= 0.6 is 0 Å². The first-order chi connectivity index (χ1) is 17.1. The average Bonchev–Trinajstić information content (AvgIpc) is 3.32. The molecule has 2 aromatic carbocycles. The molecule has 1 atom stereocenters. The van der Waals surface area contributed by atoms with Gasteiger partial charge in [-0.25, -0.2) is 9.50 Å². The van der Waals surface area contributed by atoms with Crippen LogP contribution in [-0.4, -0.2) is 69.2 Å². The van der Waals surface area contributed by atoms with E-state index in [0.29, 0.717) is 18.4 Å². The molecule has 3 N–H and O–H groups in total. The summed E-state index contributed by atoms with van der Waals surface area (Å²) in [5.74, 6) is 1.82. The van der Waals surface area contributed by atoms with Crippen molar-refractivity contribution in [1.82, 2.24) is 19.5 Å². The summed E-state index contributed by atoms with van der Waals surface area (Å²) in [6, 6.07) is 20.4. The van der Waals surface area contributed by atoms with Crippen molar-refractivity contribution in [3.63, 3.8) is 0 Å². The number of β-amino-alcohol motifs (C(OH)–C–C–N with tert-alkyl or cyclic N) is 1. The minimum absolute atomic E-state index is 0.183. The van der Waals surface area contributed by atoms with E-state index in [1.54, 1.807) is 7.11 Å². The highest BCUT2D eigenvalue weighted by atomic mass is 16.5. The van der Waals surface area contributed by atoms with Crippen LogP contribution in [0.5, 0.6) is 5.75 Å². The third kappa shape index (κ3) is 5.14. The molecular formula is C27H31N5O3. The van der Waals surface area contributed by atoms with E-state index in [-0.39, 0.29) is 6.61 Å². The average molecular weight is 474 g/mol. The fraction of sp³-hybridized carbons (Fsp3) is 0.333. The lowest BCUT2D eigenvalue weighted by Gasteiger charge is -2.33. The zero-order valence-electron chi connectivity index (χ0n) is 19.8. The van der Waals surface area contributed by atoms with Crippen LogP contribution < -0.4 is 10.1 Å². The van der Waals surface area contributed by atoms with E-state index in [0.717, 1.165) is 54.1 Å². The van der Waals surface area contributed by atoms with E-state index < -0.39 is 6.10 Å². The lowest BCUT2D eigenvalue weighted by Crippen LogP contribution is -2.39. The van der Waals surface area contributed by atoms with Crippen molar-refractivity contribution in [3.8, 4) is 17.0 Å². The third-order valence-electron chi connectivity index (χ3n) is 6.69. The van der Waals surface area contributed by atoms with Gasteiger partial charge in [-0.1, -0.05) is 24.3 Å². The summed E-state index contributed by atoms with van der Waals surface area (Å²) < 4.78 is 7.41. The smallest absolute Gasteiger partial charge is 0.245 e. The van der Waals surface area contributed by atoms with E-state index in [1.807, 2.05) is 47.1 Å². The quantitative estimate of drug-likeness (QED) is 0.359. The molecule has 0 aliphatic carbocycles. The van der Waals surface area contributed by atoms with Gasteiger partial charge in [-0.3, -0.25) is 0 Å². The molecule has 8 nitrogen and oxygen atoms in total. The molecule has 8 heteroatoms. The molecule has 1 fully saturated rings. The fourth-order valence-electron chi connectivity index (χ4n) is 4.79. The van der Waals surface area contributed by atoms with Gasteiger partial charge in [0.1, 0.15) is 5.75 Å². The number of piperidine rings is 1. The summed E-state index contributed by atoms with van der Waals surface area (Å²) in [4.78, 5) is 6.71. The molecule has 0 bridgehead atoms. The van der Waals surface area contributed by atoms with E-state index in [4.69, 9.17) is 14.9 Å². The zero-order valence-corrected chi connectivity index (χ0v) is 19.8. The maximum absolute atomic E-state index is 9.67. The Labute approximate surface area is 204 Å². The van der Waals surface area contributed by atoms with Gasteiger partial charge in [0.2, 0.25) is 5.95 Å². The molecule has 3 heterocycles. The van der Waals surface area contributed by atoms with Crippen molar-refractivity contribution in [1.29, 1.82) is 0 Å². The molecule has 0 amide bonds. The number of ether oxygens (including phenoxy) is 1. The number of aliphatic hydroxyl groups excluding tert-OH is 2. The highest BCUT2D eigenvalue weighted by Gasteiger charge is 2.22. The van der Waals surface area contributed by atoms with E-state index >= 15 is 0 Å². The maximum Gasteiger partial charge on any atom is 0.245 e. The predicted molar refractivity (Wildman–Crippen MR) is 136 cm³/mol. The van der Waals surface area contributed by atoms with Crippen LogP contribution in [0.2, 0.25) is 0 Å². The number of nitrogens with one attached hydrogen (secondary N) is 1. The van der Waals surface area contributed by atoms with Crippen molar-refractivity contribution in [3.05, 3.63) is 72.4 Å². The van der Waals surface area contributed by atoms with Gasteiger partial charge in [-0.15, -0.1) is 5.10 Å². The molecule has 0 spiro atoms. The molecule has 0 saturated carbocycles. The van der Waals surface area contributed by atoms with Gasteiger partial charge in [0.25, 0.3) is 0 Å². The van der Waals surface area contributed by atoms with Gasteiger partial charge < -0.3 is 25.2 Å². The highest BCUT2D eigenvalue weighted by Crippen LogP contribution is 2.31. The number of likely N-dealkylation sites (tertiary alicyclic amines) is 1. The molecule has 1 aliphatic rings. The molecule has 4 aromatic rings. The number of fused-ring (bicyclic) bond motifs is 1. The van der Waals surface area contributed by atoms with Gasteiger partial charge >= 0.3 is 0 Å². The van der Waals surface area contributed by atoms with Crippen LogP contribution in [0.15, 0.2) is 66.9 Å². The molecule has 5 rings (SSSR count). The van der Waals surface area contributed by atoms with Crippen LogP contribution in [0.1, 0.15) is 24.3 Å². The van der Waals surface area contributed by atoms with Crippen LogP contribution in [0, 0.1) is 0 Å². The van der Waals surface area contributed by atoms with E-state index in [9.17, 15) is 5.11 Å². The number of anilines is 2. The van der Waals surface area contributed by atoms with Crippen molar-refractivity contribution < 1.29 is 14.9 Å². The Morgan fingerprint density at radius 2 is 1.83 bits per heavy atom. The number of aromatic nitrogens is 3. The number of nitrogens with zero attached hydrogens (tertiary/aromatic N) is 4. The summed E-state index contributed by atoms with van der Waals surface area (Å²) in [5, 5.41) is 26.8. The summed E-state index contributed by atoms with van der Waals surface area (Å²) in [5.41, 5.74) is 5.07. The van der Waals surface area contributed by atoms with Crippen LogP contribution in [0.3, 0.4) is 0 Å². The van der Waals surface area contributed by atoms with Crippen molar-refractivity contribution in [2.75, 3.05) is 38.7 Å². The zero-order chi connectivity index (χ0) is 24.2. The first-order valence-corrected chi connectivity index (χ1v) is 12.0. The number of rotatable bonds is 8. The van der Waals surface area contributed by atoms with Gasteiger partial charge in [0, 0.05) is 17.8 Å². The second-order valence-corrected chi connectivity index (χ2v) is 9.00. The monoisotopic (exact) mass is 473 g/mol. The minimum atomic E-state index is -0.657. The molecule has 1 aliphatic heterocycles. The molecule has 182 valence electrons. The Hall–Kier alpha value is -3.46. The second-order valence-electron chi connectivity index (χ2n) is 9.00. The third-order valence-corrected chi connectivity index (χ3v) is 6.69. The van der Waals surface area contributed by atoms with Crippen LogP contribution in [0.4, 0.5) is 11.6 Å². The molecule has 2 aromatic heterocycles. The van der Waals surface area contributed by atoms with Gasteiger partial charge in [0.05, 0.1) is 37.2 Å². The normalized spacial score (nSPS) is 15.9. The van der Waals surface area contributed by atoms with Gasteiger partial charge in [-0.05, 0) is 73.8 Å². The number of methoxy groups -OCH3 is 1. The number of aliphatic hydroxyl groups is 2. The Morgan fingerprint density at radius 3 is 2.57 bits per heavy atom. The Bertz CT molecular complexity index is 1270. The first-order valence-electron chi connectivity index (χ1n) is 12.0. The standard InChI is InChI=1S/C27H31N5O3/c1-35-26-5-3-2-4-24(26)25-11-10-22-16-28-27(30-32(22)25)29-21-8-6-19(7-9-21)20-12-14-31(15-13-20)17-23(34)18-33/h2-11,16,20,23,33-34H,12-15,17-18H2,1H3,(H,29,30). The number of hydrogen-bond donors (Lipinski definition) is 3.